The molecule has 148 valence electrons. The molecule has 0 amide bonds. The summed E-state index contributed by atoms with van der Waals surface area (Å²) < 4.78 is 0. The minimum atomic E-state index is -0.200. The van der Waals surface area contributed by atoms with Crippen molar-refractivity contribution in [3.05, 3.63) is 0 Å². The molecule has 0 aromatic rings. The fraction of sp³-hybridized carbons (Fsp3) is 0.905. The normalized spacial score (nSPS) is 13.6. The highest BCUT2D eigenvalue weighted by molar-refractivity contribution is 6.64. The maximum Gasteiger partial charge on any atom is 0.224 e. The minimum absolute atomic E-state index is 0.00973. The van der Waals surface area contributed by atoms with Crippen LogP contribution in [0.3, 0.4) is 0 Å². The maximum atomic E-state index is 11.1. The fourth-order valence-corrected chi connectivity index (χ4v) is 3.50. The quantitative estimate of drug-likeness (QED) is 0.177. The van der Waals surface area contributed by atoms with Crippen LogP contribution < -0.4 is 0 Å². The molecule has 2 unspecified atom stereocenters. The van der Waals surface area contributed by atoms with Gasteiger partial charge in [-0.15, -0.1) is 0 Å². The summed E-state index contributed by atoms with van der Waals surface area (Å²) >= 11 is 10.9. The van der Waals surface area contributed by atoms with Crippen LogP contribution in [0.4, 0.5) is 0 Å². The molecule has 0 rings (SSSR count). The summed E-state index contributed by atoms with van der Waals surface area (Å²) in [6, 6.07) is 0. The van der Waals surface area contributed by atoms with Crippen molar-refractivity contribution in [2.45, 2.75) is 110 Å². The molecule has 0 N–H and O–H groups in total. The third-order valence-corrected chi connectivity index (χ3v) is 5.78. The molecule has 0 bridgehead atoms. The molecule has 0 aromatic heterocycles. The van der Waals surface area contributed by atoms with E-state index in [0.29, 0.717) is 12.3 Å². The lowest BCUT2D eigenvalue weighted by Crippen LogP contribution is -2.14. The first-order valence-electron chi connectivity index (χ1n) is 10.3. The zero-order chi connectivity index (χ0) is 18.9. The zero-order valence-electron chi connectivity index (χ0n) is 16.3. The van der Waals surface area contributed by atoms with E-state index in [2.05, 4.69) is 6.92 Å². The molecule has 0 aliphatic heterocycles. The fourth-order valence-electron chi connectivity index (χ4n) is 3.15. The Morgan fingerprint density at radius 3 is 1.36 bits per heavy atom. The van der Waals surface area contributed by atoms with Crippen molar-refractivity contribution < 1.29 is 9.59 Å². The number of halogens is 2. The van der Waals surface area contributed by atoms with Gasteiger partial charge in [-0.25, -0.2) is 0 Å². The van der Waals surface area contributed by atoms with Gasteiger partial charge in [-0.1, -0.05) is 90.9 Å². The van der Waals surface area contributed by atoms with Crippen LogP contribution in [0.1, 0.15) is 110 Å². The van der Waals surface area contributed by atoms with Gasteiger partial charge >= 0.3 is 0 Å². The first-order chi connectivity index (χ1) is 11.9. The molecule has 2 nitrogen and oxygen atoms in total. The highest BCUT2D eigenvalue weighted by Crippen LogP contribution is 2.21. The number of rotatable bonds is 18. The molecule has 4 heteroatoms. The van der Waals surface area contributed by atoms with E-state index in [-0.39, 0.29) is 16.4 Å². The summed E-state index contributed by atoms with van der Waals surface area (Å²) in [5.41, 5.74) is 0. The van der Waals surface area contributed by atoms with Gasteiger partial charge in [-0.3, -0.25) is 9.59 Å². The van der Waals surface area contributed by atoms with Crippen LogP contribution in [0.2, 0.25) is 0 Å². The number of hydrogen-bond acceptors (Lipinski definition) is 2. The molecular weight excluding hydrogens is 355 g/mol. The van der Waals surface area contributed by atoms with Gasteiger partial charge in [-0.05, 0) is 42.0 Å². The van der Waals surface area contributed by atoms with E-state index in [0.717, 1.165) is 19.3 Å². The van der Waals surface area contributed by atoms with Crippen molar-refractivity contribution in [3.63, 3.8) is 0 Å². The van der Waals surface area contributed by atoms with Gasteiger partial charge in [0.25, 0.3) is 0 Å². The highest BCUT2D eigenvalue weighted by Gasteiger charge is 2.17. The van der Waals surface area contributed by atoms with Crippen molar-refractivity contribution >= 4 is 33.7 Å². The van der Waals surface area contributed by atoms with Gasteiger partial charge in [0.1, 0.15) is 0 Å². The Hall–Kier alpha value is -0.0800. The SMILES string of the molecule is CC(CCCCCCCCCCCCCCCC(=O)Cl)C(C)C(=O)Cl. The lowest BCUT2D eigenvalue weighted by Gasteiger charge is -2.15. The van der Waals surface area contributed by atoms with Crippen molar-refractivity contribution in [1.29, 1.82) is 0 Å². The number of unbranched alkanes of at least 4 members (excludes halogenated alkanes) is 12. The predicted molar refractivity (Wildman–Crippen MR) is 109 cm³/mol. The maximum absolute atomic E-state index is 11.1. The molecule has 0 fully saturated rings. The predicted octanol–water partition coefficient (Wildman–Crippen LogP) is 7.64. The smallest absolute Gasteiger partial charge is 0.224 e. The molecule has 0 aliphatic carbocycles. The Kier molecular flexibility index (Phi) is 17.3. The number of carbonyl (C=O) groups is 2. The lowest BCUT2D eigenvalue weighted by atomic mass is 9.91. The molecule has 0 aliphatic rings. The summed E-state index contributed by atoms with van der Waals surface area (Å²) in [4.78, 5) is 21.7. The van der Waals surface area contributed by atoms with Crippen LogP contribution >= 0.6 is 23.2 Å². The second-order valence-corrected chi connectivity index (χ2v) is 8.35. The average Bonchev–Trinajstić information content (AvgIpc) is 2.56. The summed E-state index contributed by atoms with van der Waals surface area (Å²) in [5, 5.41) is -0.396. The van der Waals surface area contributed by atoms with Gasteiger partial charge < -0.3 is 0 Å². The Morgan fingerprint density at radius 1 is 0.640 bits per heavy atom. The van der Waals surface area contributed by atoms with Crippen LogP contribution in [-0.2, 0) is 9.59 Å². The third-order valence-electron chi connectivity index (χ3n) is 5.24. The summed E-state index contributed by atoms with van der Waals surface area (Å²) in [6.45, 7) is 4.06. The van der Waals surface area contributed by atoms with E-state index < -0.39 is 0 Å². The lowest BCUT2D eigenvalue weighted by molar-refractivity contribution is -0.116. The first-order valence-corrected chi connectivity index (χ1v) is 11.1. The van der Waals surface area contributed by atoms with Crippen molar-refractivity contribution in [2.75, 3.05) is 0 Å². The van der Waals surface area contributed by atoms with Crippen LogP contribution in [0, 0.1) is 11.8 Å². The van der Waals surface area contributed by atoms with E-state index in [1.165, 1.54) is 70.6 Å². The minimum Gasteiger partial charge on any atom is -0.281 e. The standard InChI is InChI=1S/C21H38Cl2O2/c1-18(19(2)21(23)25)16-14-12-10-8-6-4-3-5-7-9-11-13-15-17-20(22)24/h18-19H,3-17H2,1-2H3. The van der Waals surface area contributed by atoms with Crippen LogP contribution in [0.15, 0.2) is 0 Å². The molecule has 0 aromatic carbocycles. The molecule has 2 atom stereocenters. The number of hydrogen-bond donors (Lipinski definition) is 0. The van der Waals surface area contributed by atoms with Gasteiger partial charge in [0, 0.05) is 12.3 Å². The summed E-state index contributed by atoms with van der Waals surface area (Å²) in [5.74, 6) is 0.393. The first kappa shape index (κ1) is 24.9. The van der Waals surface area contributed by atoms with Crippen LogP contribution in [0.5, 0.6) is 0 Å². The topological polar surface area (TPSA) is 34.1 Å². The van der Waals surface area contributed by atoms with E-state index in [1.807, 2.05) is 6.92 Å². The summed E-state index contributed by atoms with van der Waals surface area (Å²) in [6.07, 6.45) is 18.1. The molecule has 25 heavy (non-hydrogen) atoms. The second kappa shape index (κ2) is 17.3. The third kappa shape index (κ3) is 17.1. The molecule has 0 saturated carbocycles. The molecule has 0 radical (unpaired) electrons. The van der Waals surface area contributed by atoms with Crippen molar-refractivity contribution in [1.82, 2.24) is 0 Å². The van der Waals surface area contributed by atoms with E-state index >= 15 is 0 Å². The summed E-state index contributed by atoms with van der Waals surface area (Å²) in [7, 11) is 0. The Labute approximate surface area is 165 Å². The van der Waals surface area contributed by atoms with E-state index in [1.54, 1.807) is 0 Å². The molecule has 0 spiro atoms. The van der Waals surface area contributed by atoms with E-state index in [9.17, 15) is 9.59 Å². The van der Waals surface area contributed by atoms with Crippen LogP contribution in [-0.4, -0.2) is 10.5 Å². The molecule has 0 heterocycles. The monoisotopic (exact) mass is 392 g/mol. The largest absolute Gasteiger partial charge is 0.281 e. The molecular formula is C21H38Cl2O2. The Bertz CT molecular complexity index is 345. The zero-order valence-corrected chi connectivity index (χ0v) is 17.8. The Balaban J connectivity index is 3.19. The van der Waals surface area contributed by atoms with Crippen molar-refractivity contribution in [3.8, 4) is 0 Å². The second-order valence-electron chi connectivity index (χ2n) is 7.56. The van der Waals surface area contributed by atoms with Crippen molar-refractivity contribution in [2.24, 2.45) is 11.8 Å². The van der Waals surface area contributed by atoms with Gasteiger partial charge in [-0.2, -0.15) is 0 Å². The average molecular weight is 393 g/mol. The molecule has 0 saturated heterocycles. The van der Waals surface area contributed by atoms with Gasteiger partial charge in [0.2, 0.25) is 10.5 Å². The number of carbonyl (C=O) groups excluding carboxylic acids is 2. The van der Waals surface area contributed by atoms with E-state index in [4.69, 9.17) is 23.2 Å². The highest BCUT2D eigenvalue weighted by atomic mass is 35.5. The van der Waals surface area contributed by atoms with Gasteiger partial charge in [0.05, 0.1) is 0 Å². The Morgan fingerprint density at radius 2 is 1.00 bits per heavy atom. The van der Waals surface area contributed by atoms with Crippen LogP contribution in [0.25, 0.3) is 0 Å². The van der Waals surface area contributed by atoms with Gasteiger partial charge in [0.15, 0.2) is 0 Å².